The lowest BCUT2D eigenvalue weighted by molar-refractivity contribution is 0.180. The molecule has 1 saturated carbocycles. The van der Waals surface area contributed by atoms with Crippen molar-refractivity contribution in [2.24, 2.45) is 0 Å². The Bertz CT molecular complexity index is 145. The first-order valence-corrected chi connectivity index (χ1v) is 5.73. The van der Waals surface area contributed by atoms with Crippen molar-refractivity contribution in [3.8, 4) is 0 Å². The molecule has 0 unspecified atom stereocenters. The van der Waals surface area contributed by atoms with E-state index in [4.69, 9.17) is 0 Å². The van der Waals surface area contributed by atoms with Gasteiger partial charge in [0.05, 0.1) is 0 Å². The third kappa shape index (κ3) is 3.51. The van der Waals surface area contributed by atoms with E-state index in [-0.39, 0.29) is 0 Å². The highest BCUT2D eigenvalue weighted by atomic mass is 15.1. The molecule has 0 bridgehead atoms. The summed E-state index contributed by atoms with van der Waals surface area (Å²) in [5.74, 6) is 0. The average Bonchev–Trinajstić information content (AvgIpc) is 2.21. The van der Waals surface area contributed by atoms with Crippen LogP contribution in [-0.2, 0) is 0 Å². The zero-order chi connectivity index (χ0) is 9.52. The van der Waals surface area contributed by atoms with Crippen molar-refractivity contribution in [2.45, 2.75) is 52.0 Å². The lowest BCUT2D eigenvalue weighted by Gasteiger charge is -2.32. The molecule has 0 saturated heterocycles. The zero-order valence-corrected chi connectivity index (χ0v) is 9.13. The molecule has 1 nitrogen and oxygen atoms in total. The fourth-order valence-electron chi connectivity index (χ4n) is 2.22. The molecule has 13 heavy (non-hydrogen) atoms. The maximum Gasteiger partial charge on any atom is 0.0165 e. The van der Waals surface area contributed by atoms with Crippen LogP contribution in [0.4, 0.5) is 0 Å². The third-order valence-corrected chi connectivity index (χ3v) is 3.07. The topological polar surface area (TPSA) is 3.24 Å². The number of allylic oxidation sites excluding steroid dienone is 1. The molecule has 0 atom stereocenters. The summed E-state index contributed by atoms with van der Waals surface area (Å²) in [5.41, 5.74) is 0. The van der Waals surface area contributed by atoms with E-state index in [0.717, 1.165) is 12.6 Å². The summed E-state index contributed by atoms with van der Waals surface area (Å²) in [6, 6.07) is 0.870. The summed E-state index contributed by atoms with van der Waals surface area (Å²) < 4.78 is 0. The van der Waals surface area contributed by atoms with Gasteiger partial charge in [0.1, 0.15) is 0 Å². The minimum absolute atomic E-state index is 0.870. The monoisotopic (exact) mass is 181 g/mol. The summed E-state index contributed by atoms with van der Waals surface area (Å²) in [7, 11) is 0. The number of rotatable bonds is 4. The molecule has 1 heteroatoms. The van der Waals surface area contributed by atoms with Crippen LogP contribution >= 0.6 is 0 Å². The van der Waals surface area contributed by atoms with Gasteiger partial charge < -0.3 is 0 Å². The Morgan fingerprint density at radius 1 is 1.23 bits per heavy atom. The standard InChI is InChI=1S/C12H23N/c1-3-5-11-13(4-2)12-9-7-6-8-10-12/h3,5,12H,4,6-11H2,1-2H3/b5-3-. The fraction of sp³-hybridized carbons (Fsp3) is 0.833. The second-order valence-electron chi connectivity index (χ2n) is 3.95. The van der Waals surface area contributed by atoms with Gasteiger partial charge in [-0.25, -0.2) is 0 Å². The van der Waals surface area contributed by atoms with Gasteiger partial charge >= 0.3 is 0 Å². The van der Waals surface area contributed by atoms with Crippen molar-refractivity contribution in [2.75, 3.05) is 13.1 Å². The molecular weight excluding hydrogens is 158 g/mol. The van der Waals surface area contributed by atoms with Crippen LogP contribution in [0.5, 0.6) is 0 Å². The molecule has 1 fully saturated rings. The minimum Gasteiger partial charge on any atom is -0.297 e. The molecule has 0 aromatic carbocycles. The molecule has 0 aromatic heterocycles. The second-order valence-corrected chi connectivity index (χ2v) is 3.95. The van der Waals surface area contributed by atoms with E-state index in [0.29, 0.717) is 0 Å². The quantitative estimate of drug-likeness (QED) is 0.602. The van der Waals surface area contributed by atoms with E-state index < -0.39 is 0 Å². The van der Waals surface area contributed by atoms with Gasteiger partial charge in [-0.15, -0.1) is 0 Å². The second kappa shape index (κ2) is 6.20. The first-order chi connectivity index (χ1) is 6.38. The maximum atomic E-state index is 2.61. The van der Waals surface area contributed by atoms with Crippen LogP contribution in [0.2, 0.25) is 0 Å². The highest BCUT2D eigenvalue weighted by Crippen LogP contribution is 2.22. The van der Waals surface area contributed by atoms with Gasteiger partial charge in [0.2, 0.25) is 0 Å². The summed E-state index contributed by atoms with van der Waals surface area (Å²) in [6.07, 6.45) is 11.6. The molecule has 0 amide bonds. The molecule has 76 valence electrons. The molecule has 0 N–H and O–H groups in total. The Hall–Kier alpha value is -0.300. The van der Waals surface area contributed by atoms with E-state index in [2.05, 4.69) is 30.9 Å². The molecule has 1 rings (SSSR count). The predicted octanol–water partition coefficient (Wildman–Crippen LogP) is 3.22. The molecule has 1 aliphatic rings. The van der Waals surface area contributed by atoms with Gasteiger partial charge in [-0.3, -0.25) is 4.90 Å². The van der Waals surface area contributed by atoms with Gasteiger partial charge in [0.25, 0.3) is 0 Å². The van der Waals surface area contributed by atoms with Crippen molar-refractivity contribution in [1.29, 1.82) is 0 Å². The van der Waals surface area contributed by atoms with Crippen molar-refractivity contribution in [3.05, 3.63) is 12.2 Å². The zero-order valence-electron chi connectivity index (χ0n) is 9.13. The van der Waals surface area contributed by atoms with E-state index in [9.17, 15) is 0 Å². The number of nitrogens with zero attached hydrogens (tertiary/aromatic N) is 1. The molecule has 0 heterocycles. The SMILES string of the molecule is C/C=C\CN(CC)C1CCCCC1. The van der Waals surface area contributed by atoms with Crippen LogP contribution < -0.4 is 0 Å². The Balaban J connectivity index is 2.34. The van der Waals surface area contributed by atoms with Gasteiger partial charge in [0.15, 0.2) is 0 Å². The van der Waals surface area contributed by atoms with Crippen molar-refractivity contribution in [3.63, 3.8) is 0 Å². The smallest absolute Gasteiger partial charge is 0.0165 e. The van der Waals surface area contributed by atoms with Crippen molar-refractivity contribution < 1.29 is 0 Å². The Kier molecular flexibility index (Phi) is 5.14. The summed E-state index contributed by atoms with van der Waals surface area (Å²) in [6.45, 7) is 6.74. The minimum atomic E-state index is 0.870. The fourth-order valence-corrected chi connectivity index (χ4v) is 2.22. The van der Waals surface area contributed by atoms with Crippen LogP contribution in [0.3, 0.4) is 0 Å². The summed E-state index contributed by atoms with van der Waals surface area (Å²) >= 11 is 0. The van der Waals surface area contributed by atoms with E-state index in [1.54, 1.807) is 0 Å². The Labute approximate surface area is 82.8 Å². The first kappa shape index (κ1) is 10.8. The van der Waals surface area contributed by atoms with Gasteiger partial charge in [0, 0.05) is 12.6 Å². The largest absolute Gasteiger partial charge is 0.297 e. The molecular formula is C12H23N. The van der Waals surface area contributed by atoms with Crippen LogP contribution in [-0.4, -0.2) is 24.0 Å². The Morgan fingerprint density at radius 3 is 2.46 bits per heavy atom. The van der Waals surface area contributed by atoms with Crippen LogP contribution in [0.25, 0.3) is 0 Å². The number of likely N-dealkylation sites (N-methyl/N-ethyl adjacent to an activating group) is 1. The van der Waals surface area contributed by atoms with E-state index in [1.165, 1.54) is 38.6 Å². The molecule has 0 aromatic rings. The third-order valence-electron chi connectivity index (χ3n) is 3.07. The predicted molar refractivity (Wildman–Crippen MR) is 58.9 cm³/mol. The molecule has 0 radical (unpaired) electrons. The van der Waals surface area contributed by atoms with E-state index in [1.807, 2.05) is 0 Å². The first-order valence-electron chi connectivity index (χ1n) is 5.73. The molecule has 1 aliphatic carbocycles. The van der Waals surface area contributed by atoms with Gasteiger partial charge in [-0.2, -0.15) is 0 Å². The van der Waals surface area contributed by atoms with Crippen molar-refractivity contribution in [1.82, 2.24) is 4.90 Å². The van der Waals surface area contributed by atoms with E-state index >= 15 is 0 Å². The van der Waals surface area contributed by atoms with Gasteiger partial charge in [-0.1, -0.05) is 38.3 Å². The lowest BCUT2D eigenvalue weighted by Crippen LogP contribution is -2.36. The molecule has 0 aliphatic heterocycles. The summed E-state index contributed by atoms with van der Waals surface area (Å²) in [5, 5.41) is 0. The number of hydrogen-bond acceptors (Lipinski definition) is 1. The summed E-state index contributed by atoms with van der Waals surface area (Å²) in [4.78, 5) is 2.61. The van der Waals surface area contributed by atoms with Crippen molar-refractivity contribution >= 4 is 0 Å². The lowest BCUT2D eigenvalue weighted by atomic mass is 9.94. The number of hydrogen-bond donors (Lipinski definition) is 0. The van der Waals surface area contributed by atoms with Crippen LogP contribution in [0.1, 0.15) is 46.0 Å². The average molecular weight is 181 g/mol. The Morgan fingerprint density at radius 2 is 1.92 bits per heavy atom. The highest BCUT2D eigenvalue weighted by molar-refractivity contribution is 4.84. The normalized spacial score (nSPS) is 20.2. The molecule has 0 spiro atoms. The van der Waals surface area contributed by atoms with Crippen LogP contribution in [0.15, 0.2) is 12.2 Å². The highest BCUT2D eigenvalue weighted by Gasteiger charge is 2.18. The maximum absolute atomic E-state index is 2.61. The van der Waals surface area contributed by atoms with Crippen LogP contribution in [0, 0.1) is 0 Å². The van der Waals surface area contributed by atoms with Gasteiger partial charge in [-0.05, 0) is 26.3 Å².